The summed E-state index contributed by atoms with van der Waals surface area (Å²) in [6.45, 7) is 2.36. The van der Waals surface area contributed by atoms with Gasteiger partial charge in [-0.2, -0.15) is 0 Å². The van der Waals surface area contributed by atoms with Gasteiger partial charge in [0, 0.05) is 13.8 Å². The van der Waals surface area contributed by atoms with Crippen LogP contribution in [-0.2, 0) is 14.3 Å². The molecule has 4 nitrogen and oxygen atoms in total. The van der Waals surface area contributed by atoms with Gasteiger partial charge in [0.05, 0.1) is 28.2 Å². The minimum Gasteiger partial charge on any atom is -1.00 e. The molecule has 0 aromatic rings. The minimum atomic E-state index is -0.562. The summed E-state index contributed by atoms with van der Waals surface area (Å²) < 4.78 is 4.97. The number of rotatable bonds is 0. The standard InChI is InChI=1S/C4H12N.C4H6O3.Na.H/c1-5(2,3)4;1-3(5)7-4(2)6;;/h1-4H3;1-2H3;;/q+1;;+1;-1. The summed E-state index contributed by atoms with van der Waals surface area (Å²) in [7, 11) is 8.50. The number of carbonyl (C=O) groups is 2. The molecule has 0 saturated heterocycles. The number of carbonyl (C=O) groups excluding carboxylic acids is 2. The van der Waals surface area contributed by atoms with E-state index >= 15 is 0 Å². The monoisotopic (exact) mass is 200 g/mol. The summed E-state index contributed by atoms with van der Waals surface area (Å²) in [5.74, 6) is -1.12. The van der Waals surface area contributed by atoms with E-state index in [-0.39, 0.29) is 31.0 Å². The van der Waals surface area contributed by atoms with Crippen molar-refractivity contribution in [2.45, 2.75) is 13.8 Å². The van der Waals surface area contributed by atoms with Gasteiger partial charge in [0.1, 0.15) is 0 Å². The van der Waals surface area contributed by atoms with E-state index in [1.807, 2.05) is 0 Å². The molecule has 0 aliphatic carbocycles. The van der Waals surface area contributed by atoms with Crippen LogP contribution in [-0.4, -0.2) is 44.6 Å². The molecule has 0 aliphatic heterocycles. The molecule has 0 atom stereocenters. The molecule has 0 amide bonds. The Labute approximate surface area is 104 Å². The Morgan fingerprint density at radius 2 is 1.15 bits per heavy atom. The Hall–Kier alpha value is 0.1000. The molecule has 0 fully saturated rings. The first-order valence-electron chi connectivity index (χ1n) is 3.61. The summed E-state index contributed by atoms with van der Waals surface area (Å²) in [5, 5.41) is 0. The third-order valence-electron chi connectivity index (χ3n) is 0.287. The molecular weight excluding hydrogens is 181 g/mol. The maximum Gasteiger partial charge on any atom is 1.00 e. The second-order valence-corrected chi connectivity index (χ2v) is 3.77. The third kappa shape index (κ3) is 73.4. The van der Waals surface area contributed by atoms with Crippen molar-refractivity contribution >= 4 is 11.9 Å². The Kier molecular flexibility index (Phi) is 12.6. The molecular formula is C8H19NNaO3+. The molecule has 0 heterocycles. The fourth-order valence-electron chi connectivity index (χ4n) is 0.202. The third-order valence-corrected chi connectivity index (χ3v) is 0.287. The number of ether oxygens (including phenoxy) is 1. The second kappa shape index (κ2) is 8.69. The van der Waals surface area contributed by atoms with Gasteiger partial charge in [0.25, 0.3) is 0 Å². The quantitative estimate of drug-likeness (QED) is 0.188. The van der Waals surface area contributed by atoms with Crippen LogP contribution in [0, 0.1) is 0 Å². The predicted octanol–water partition coefficient (Wildman–Crippen LogP) is -2.47. The zero-order valence-electron chi connectivity index (χ0n) is 10.7. The normalized spacial score (nSPS) is 8.77. The summed E-state index contributed by atoms with van der Waals surface area (Å²) in [6.07, 6.45) is 0. The molecule has 0 aromatic carbocycles. The molecule has 0 bridgehead atoms. The molecule has 0 N–H and O–H groups in total. The van der Waals surface area contributed by atoms with E-state index in [0.717, 1.165) is 4.48 Å². The van der Waals surface area contributed by atoms with Crippen molar-refractivity contribution in [3.05, 3.63) is 0 Å². The predicted molar refractivity (Wildman–Crippen MR) is 47.5 cm³/mol. The molecule has 0 spiro atoms. The first-order valence-corrected chi connectivity index (χ1v) is 3.61. The molecule has 74 valence electrons. The Morgan fingerprint density at radius 3 is 1.15 bits per heavy atom. The zero-order valence-corrected chi connectivity index (χ0v) is 11.7. The van der Waals surface area contributed by atoms with Gasteiger partial charge >= 0.3 is 41.5 Å². The van der Waals surface area contributed by atoms with Crippen molar-refractivity contribution in [1.82, 2.24) is 0 Å². The van der Waals surface area contributed by atoms with Crippen molar-refractivity contribution in [1.29, 1.82) is 0 Å². The maximum absolute atomic E-state index is 9.81. The van der Waals surface area contributed by atoms with Crippen molar-refractivity contribution in [2.75, 3.05) is 28.2 Å². The van der Waals surface area contributed by atoms with Gasteiger partial charge in [-0.15, -0.1) is 0 Å². The Balaban J connectivity index is -0.0000000651. The van der Waals surface area contributed by atoms with Crippen molar-refractivity contribution in [3.63, 3.8) is 0 Å². The van der Waals surface area contributed by atoms with E-state index in [1.54, 1.807) is 0 Å². The van der Waals surface area contributed by atoms with Crippen LogP contribution in [0.1, 0.15) is 15.3 Å². The second-order valence-electron chi connectivity index (χ2n) is 3.77. The van der Waals surface area contributed by atoms with Gasteiger partial charge in [0.15, 0.2) is 0 Å². The summed E-state index contributed by atoms with van der Waals surface area (Å²) in [5.41, 5.74) is 0. The molecule has 0 aromatic heterocycles. The van der Waals surface area contributed by atoms with E-state index in [4.69, 9.17) is 0 Å². The van der Waals surface area contributed by atoms with Crippen LogP contribution in [0.3, 0.4) is 0 Å². The van der Waals surface area contributed by atoms with E-state index in [0.29, 0.717) is 0 Å². The summed E-state index contributed by atoms with van der Waals surface area (Å²) >= 11 is 0. The van der Waals surface area contributed by atoms with E-state index in [1.165, 1.54) is 13.8 Å². The molecule has 0 rings (SSSR count). The Bertz CT molecular complexity index is 150. The van der Waals surface area contributed by atoms with Crippen LogP contribution in [0.4, 0.5) is 0 Å². The van der Waals surface area contributed by atoms with Crippen LogP contribution < -0.4 is 29.6 Å². The summed E-state index contributed by atoms with van der Waals surface area (Å²) in [4.78, 5) is 19.6. The fraction of sp³-hybridized carbons (Fsp3) is 0.750. The maximum atomic E-state index is 9.81. The Morgan fingerprint density at radius 1 is 1.00 bits per heavy atom. The van der Waals surface area contributed by atoms with Crippen LogP contribution in [0.5, 0.6) is 0 Å². The number of nitrogens with zero attached hydrogens (tertiary/aromatic N) is 1. The van der Waals surface area contributed by atoms with Gasteiger partial charge in [-0.3, -0.25) is 9.59 Å². The molecule has 13 heavy (non-hydrogen) atoms. The van der Waals surface area contributed by atoms with Gasteiger partial charge in [-0.1, -0.05) is 0 Å². The van der Waals surface area contributed by atoms with Crippen LogP contribution in [0.25, 0.3) is 0 Å². The van der Waals surface area contributed by atoms with E-state index < -0.39 is 11.9 Å². The molecule has 0 saturated carbocycles. The number of hydrogen-bond acceptors (Lipinski definition) is 3. The number of hydrogen-bond donors (Lipinski definition) is 0. The van der Waals surface area contributed by atoms with Crippen LogP contribution >= 0.6 is 0 Å². The van der Waals surface area contributed by atoms with Gasteiger partial charge in [-0.25, -0.2) is 0 Å². The average molecular weight is 200 g/mol. The molecule has 0 radical (unpaired) electrons. The summed E-state index contributed by atoms with van der Waals surface area (Å²) in [6, 6.07) is 0. The first kappa shape index (κ1) is 18.8. The van der Waals surface area contributed by atoms with E-state index in [2.05, 4.69) is 32.9 Å². The largest absolute Gasteiger partial charge is 1.00 e. The van der Waals surface area contributed by atoms with E-state index in [9.17, 15) is 9.59 Å². The molecule has 5 heteroatoms. The topological polar surface area (TPSA) is 43.4 Å². The van der Waals surface area contributed by atoms with Crippen molar-refractivity contribution < 1.29 is 49.8 Å². The van der Waals surface area contributed by atoms with Crippen molar-refractivity contribution in [3.8, 4) is 0 Å². The van der Waals surface area contributed by atoms with Crippen LogP contribution in [0.2, 0.25) is 0 Å². The minimum absolute atomic E-state index is 0. The smallest absolute Gasteiger partial charge is 1.00 e. The van der Waals surface area contributed by atoms with Crippen molar-refractivity contribution in [2.24, 2.45) is 0 Å². The number of quaternary nitrogens is 1. The molecule has 0 unspecified atom stereocenters. The zero-order chi connectivity index (χ0) is 10.4. The SMILES string of the molecule is CC(=O)OC(C)=O.C[N+](C)(C)C.[H-].[Na+]. The number of esters is 2. The first-order chi connectivity index (χ1) is 5.13. The van der Waals surface area contributed by atoms with Gasteiger partial charge in [-0.05, 0) is 0 Å². The van der Waals surface area contributed by atoms with Gasteiger partial charge in [0.2, 0.25) is 0 Å². The molecule has 0 aliphatic rings. The average Bonchev–Trinajstić information content (AvgIpc) is 1.52. The van der Waals surface area contributed by atoms with Gasteiger partial charge < -0.3 is 10.6 Å². The van der Waals surface area contributed by atoms with Crippen LogP contribution in [0.15, 0.2) is 0 Å². The fourth-order valence-corrected chi connectivity index (χ4v) is 0.202.